The number of unbranched alkanes of at least 4 members (excludes halogenated alkanes) is 24. The van der Waals surface area contributed by atoms with E-state index in [9.17, 15) is 19.2 Å². The Hall–Kier alpha value is -5.10. The molecule has 2 aliphatic rings. The minimum absolute atomic E-state index is 0.147. The zero-order valence-electron chi connectivity index (χ0n) is 51.5. The Bertz CT molecular complexity index is 2140. The summed E-state index contributed by atoms with van der Waals surface area (Å²) in [4.78, 5) is 52.1. The second kappa shape index (κ2) is 40.1. The highest BCUT2D eigenvalue weighted by atomic mass is 16.5. The van der Waals surface area contributed by atoms with Gasteiger partial charge in [-0.15, -0.1) is 0 Å². The third-order valence-corrected chi connectivity index (χ3v) is 15.0. The lowest BCUT2D eigenvalue weighted by Crippen LogP contribution is -2.25. The molecule has 432 valence electrons. The van der Waals surface area contributed by atoms with Gasteiger partial charge in [0.05, 0.1) is 0 Å². The van der Waals surface area contributed by atoms with Gasteiger partial charge in [-0.05, 0) is 77.7 Å². The number of hydrogen-bond acceptors (Lipinski definition) is 6. The van der Waals surface area contributed by atoms with E-state index < -0.39 is 10.8 Å². The highest BCUT2D eigenvalue weighted by Gasteiger charge is 2.34. The zero-order valence-corrected chi connectivity index (χ0v) is 51.5. The number of hydrogen-bond donors (Lipinski definition) is 0. The maximum Gasteiger partial charge on any atom is 0.311 e. The normalized spacial score (nSPS) is 16.8. The standard InChI is InChI=1S/C72H108O6/c1-13-15-17-19-21-23-25-27-29-31-33-35-37-49-67(73)77-65-55-71(9,10)63(61(7)69(65)75)53-51-59(5)47-41-45-57(3)43-39-40-44-58(4)46-42-48-60(6)52-54-64-62(8)70(76)66(56-72(64,11)12)78-68(74)50-38-36-34-32-30-28-26-24-22-20-18-16-14-2/h39-48,51-56H,13-38,49-50H2,1-12H3/b40-39+,45-41+,46-42+,53-51+,54-52+,57-43+,58-44+,59-47+,60-48+. The molecule has 2 rings (SSSR count). The number of ketones is 2. The number of rotatable bonds is 40. The van der Waals surface area contributed by atoms with Crippen LogP contribution in [0.5, 0.6) is 0 Å². The summed E-state index contributed by atoms with van der Waals surface area (Å²) in [5.74, 6) is -0.808. The Labute approximate surface area is 477 Å². The van der Waals surface area contributed by atoms with Gasteiger partial charge < -0.3 is 9.47 Å². The minimum atomic E-state index is -0.472. The zero-order chi connectivity index (χ0) is 57.6. The molecule has 0 spiro atoms. The number of ether oxygens (including phenoxy) is 2. The molecular weight excluding hydrogens is 961 g/mol. The van der Waals surface area contributed by atoms with Crippen LogP contribution in [0.25, 0.3) is 0 Å². The van der Waals surface area contributed by atoms with Crippen LogP contribution in [-0.2, 0) is 28.7 Å². The third-order valence-electron chi connectivity index (χ3n) is 15.0. The Balaban J connectivity index is 1.79. The molecule has 0 atom stereocenters. The second-order valence-corrected chi connectivity index (χ2v) is 23.5. The summed E-state index contributed by atoms with van der Waals surface area (Å²) in [7, 11) is 0. The molecule has 0 saturated heterocycles. The van der Waals surface area contributed by atoms with Crippen molar-refractivity contribution in [1.82, 2.24) is 0 Å². The number of allylic oxidation sites excluding steroid dienone is 24. The van der Waals surface area contributed by atoms with Gasteiger partial charge in [-0.2, -0.15) is 0 Å². The summed E-state index contributed by atoms with van der Waals surface area (Å²) in [6.45, 7) is 24.6. The molecule has 0 N–H and O–H groups in total. The summed E-state index contributed by atoms with van der Waals surface area (Å²) in [5, 5.41) is 0. The van der Waals surface area contributed by atoms with E-state index in [1.54, 1.807) is 12.2 Å². The molecule has 0 amide bonds. The maximum atomic E-state index is 13.3. The van der Waals surface area contributed by atoms with Crippen molar-refractivity contribution in [3.8, 4) is 0 Å². The largest absolute Gasteiger partial charge is 0.423 e. The van der Waals surface area contributed by atoms with Crippen LogP contribution >= 0.6 is 0 Å². The molecule has 0 unspecified atom stereocenters. The fourth-order valence-electron chi connectivity index (χ4n) is 10.0. The molecule has 0 aromatic carbocycles. The van der Waals surface area contributed by atoms with Gasteiger partial charge >= 0.3 is 11.9 Å². The average Bonchev–Trinajstić information content (AvgIpc) is 3.38. The first-order valence-electron chi connectivity index (χ1n) is 30.8. The van der Waals surface area contributed by atoms with E-state index in [0.717, 1.165) is 72.0 Å². The lowest BCUT2D eigenvalue weighted by Gasteiger charge is -2.29. The number of carbonyl (C=O) groups is 4. The molecule has 0 radical (unpaired) electrons. The third kappa shape index (κ3) is 29.8. The fraction of sp³-hybridized carbons (Fsp3) is 0.583. The minimum Gasteiger partial charge on any atom is -0.423 e. The summed E-state index contributed by atoms with van der Waals surface area (Å²) >= 11 is 0. The number of carbonyl (C=O) groups excluding carboxylic acids is 4. The molecule has 6 heteroatoms. The highest BCUT2D eigenvalue weighted by Crippen LogP contribution is 2.40. The van der Waals surface area contributed by atoms with Gasteiger partial charge in [-0.25, -0.2) is 0 Å². The smallest absolute Gasteiger partial charge is 0.311 e. The van der Waals surface area contributed by atoms with Gasteiger partial charge in [0.15, 0.2) is 11.5 Å². The maximum absolute atomic E-state index is 13.3. The summed E-state index contributed by atoms with van der Waals surface area (Å²) in [5.41, 5.74) is 6.39. The van der Waals surface area contributed by atoms with Gasteiger partial charge in [0, 0.05) is 34.8 Å². The molecule has 0 aliphatic heterocycles. The molecule has 0 aromatic heterocycles. The Morgan fingerprint density at radius 3 is 0.949 bits per heavy atom. The van der Waals surface area contributed by atoms with Crippen LogP contribution in [0, 0.1) is 10.8 Å². The van der Waals surface area contributed by atoms with E-state index in [4.69, 9.17) is 9.47 Å². The molecule has 2 aliphatic carbocycles. The van der Waals surface area contributed by atoms with E-state index in [0.29, 0.717) is 24.0 Å². The topological polar surface area (TPSA) is 86.7 Å². The van der Waals surface area contributed by atoms with Crippen molar-refractivity contribution in [1.29, 1.82) is 0 Å². The lowest BCUT2D eigenvalue weighted by atomic mass is 9.76. The van der Waals surface area contributed by atoms with Crippen molar-refractivity contribution in [2.24, 2.45) is 10.8 Å². The Morgan fingerprint density at radius 2 is 0.654 bits per heavy atom. The first kappa shape index (κ1) is 69.0. The lowest BCUT2D eigenvalue weighted by molar-refractivity contribution is -0.142. The predicted molar refractivity (Wildman–Crippen MR) is 333 cm³/mol. The monoisotopic (exact) mass is 1070 g/mol. The summed E-state index contributed by atoms with van der Waals surface area (Å²) < 4.78 is 11.3. The van der Waals surface area contributed by atoms with Crippen molar-refractivity contribution in [3.63, 3.8) is 0 Å². The molecule has 0 fully saturated rings. The van der Waals surface area contributed by atoms with Crippen molar-refractivity contribution < 1.29 is 28.7 Å². The Kier molecular flexibility index (Phi) is 35.5. The SMILES string of the molecule is CCCCCCCCCCCCCCCC(=O)OC1=CC(C)(C)C(/C=C/C(C)=C/C=C/C(C)=C/C=C/C=C(C)/C=C/C=C(C)/C=C/C2=C(C)C(=O)C(OC(=O)CCCCCCCCCCCCCCC)=CC2(C)C)=C(C)C1=O. The van der Waals surface area contributed by atoms with E-state index in [2.05, 4.69) is 52.0 Å². The van der Waals surface area contributed by atoms with Crippen LogP contribution in [0.3, 0.4) is 0 Å². The van der Waals surface area contributed by atoms with Crippen molar-refractivity contribution >= 4 is 23.5 Å². The summed E-state index contributed by atoms with van der Waals surface area (Å²) in [6, 6.07) is 0. The van der Waals surface area contributed by atoms with E-state index in [1.165, 1.54) is 128 Å². The highest BCUT2D eigenvalue weighted by molar-refractivity contribution is 6.10. The molecule has 78 heavy (non-hydrogen) atoms. The van der Waals surface area contributed by atoms with Gasteiger partial charge in [0.25, 0.3) is 0 Å². The van der Waals surface area contributed by atoms with E-state index in [-0.39, 0.29) is 35.0 Å². The molecule has 0 saturated carbocycles. The van der Waals surface area contributed by atoms with Gasteiger partial charge in [0.1, 0.15) is 0 Å². The van der Waals surface area contributed by atoms with Gasteiger partial charge in [-0.1, -0.05) is 303 Å². The molecule has 0 heterocycles. The van der Waals surface area contributed by atoms with Crippen LogP contribution in [0.15, 0.2) is 153 Å². The van der Waals surface area contributed by atoms with Crippen LogP contribution in [-0.4, -0.2) is 23.5 Å². The molecule has 0 bridgehead atoms. The average molecular weight is 1070 g/mol. The second-order valence-electron chi connectivity index (χ2n) is 23.5. The van der Waals surface area contributed by atoms with Gasteiger partial charge in [0.2, 0.25) is 11.6 Å². The first-order valence-corrected chi connectivity index (χ1v) is 30.8. The van der Waals surface area contributed by atoms with Crippen molar-refractivity contribution in [3.05, 3.63) is 153 Å². The van der Waals surface area contributed by atoms with Crippen LogP contribution in [0.1, 0.15) is 263 Å². The molecular formula is C72H108O6. The first-order chi connectivity index (χ1) is 37.3. The molecule has 0 aromatic rings. The summed E-state index contributed by atoms with van der Waals surface area (Å²) in [6.07, 6.45) is 65.2. The van der Waals surface area contributed by atoms with Crippen LogP contribution in [0.4, 0.5) is 0 Å². The van der Waals surface area contributed by atoms with E-state index >= 15 is 0 Å². The van der Waals surface area contributed by atoms with E-state index in [1.807, 2.05) is 116 Å². The van der Waals surface area contributed by atoms with Gasteiger partial charge in [-0.3, -0.25) is 19.2 Å². The van der Waals surface area contributed by atoms with Crippen molar-refractivity contribution in [2.45, 2.75) is 263 Å². The quantitative estimate of drug-likeness (QED) is 0.0345. The molecule has 6 nitrogen and oxygen atoms in total. The number of Topliss-reactive ketones (excluding diaryl/α,β-unsaturated/α-hetero) is 2. The van der Waals surface area contributed by atoms with Crippen LogP contribution < -0.4 is 0 Å². The fourth-order valence-corrected chi connectivity index (χ4v) is 10.0. The predicted octanol–water partition coefficient (Wildman–Crippen LogP) is 21.2. The van der Waals surface area contributed by atoms with Crippen molar-refractivity contribution in [2.75, 3.05) is 0 Å². The number of esters is 2. The Morgan fingerprint density at radius 1 is 0.397 bits per heavy atom. The van der Waals surface area contributed by atoms with Crippen LogP contribution in [0.2, 0.25) is 0 Å².